The lowest BCUT2D eigenvalue weighted by atomic mass is 9.97. The molecule has 1 aromatic rings. The van der Waals surface area contributed by atoms with Gasteiger partial charge in [-0.25, -0.2) is 4.39 Å². The smallest absolute Gasteiger partial charge is 0.193 e. The van der Waals surface area contributed by atoms with E-state index in [4.69, 9.17) is 4.74 Å². The topological polar surface area (TPSA) is 40.1 Å². The minimum Gasteiger partial charge on any atom is -0.367 e. The molecule has 0 aromatic heterocycles. The first kappa shape index (κ1) is 21.1. The number of hydrogen-bond acceptors (Lipinski definition) is 3. The second-order valence-corrected chi connectivity index (χ2v) is 8.11. The molecule has 2 heterocycles. The third-order valence-electron chi connectivity index (χ3n) is 5.81. The summed E-state index contributed by atoms with van der Waals surface area (Å²) in [5, 5.41) is 3.60. The second kappa shape index (κ2) is 10.2. The van der Waals surface area contributed by atoms with E-state index < -0.39 is 0 Å². The second-order valence-electron chi connectivity index (χ2n) is 8.11. The molecule has 28 heavy (non-hydrogen) atoms. The third kappa shape index (κ3) is 5.67. The van der Waals surface area contributed by atoms with E-state index in [1.807, 2.05) is 19.2 Å². The van der Waals surface area contributed by atoms with Crippen LogP contribution in [0.25, 0.3) is 0 Å². The Bertz CT molecular complexity index is 628. The number of guanidine groups is 1. The molecule has 0 bridgehead atoms. The van der Waals surface area contributed by atoms with Gasteiger partial charge in [0, 0.05) is 20.1 Å². The number of likely N-dealkylation sites (tertiary alicyclic amines) is 1. The Morgan fingerprint density at radius 3 is 2.57 bits per heavy atom. The van der Waals surface area contributed by atoms with Crippen LogP contribution >= 0.6 is 0 Å². The van der Waals surface area contributed by atoms with E-state index in [-0.39, 0.29) is 18.0 Å². The van der Waals surface area contributed by atoms with Crippen LogP contribution in [0.5, 0.6) is 0 Å². The van der Waals surface area contributed by atoms with E-state index in [0.29, 0.717) is 5.92 Å². The highest BCUT2D eigenvalue weighted by atomic mass is 19.1. The Labute approximate surface area is 169 Å². The monoisotopic (exact) mass is 390 g/mol. The van der Waals surface area contributed by atoms with Crippen molar-refractivity contribution in [2.75, 3.05) is 46.3 Å². The van der Waals surface area contributed by atoms with Crippen molar-refractivity contribution >= 4 is 5.96 Å². The summed E-state index contributed by atoms with van der Waals surface area (Å²) in [6.07, 6.45) is 3.77. The largest absolute Gasteiger partial charge is 0.367 e. The van der Waals surface area contributed by atoms with Gasteiger partial charge in [-0.05, 0) is 69.4 Å². The van der Waals surface area contributed by atoms with Crippen molar-refractivity contribution in [1.29, 1.82) is 0 Å². The van der Waals surface area contributed by atoms with Gasteiger partial charge >= 0.3 is 0 Å². The van der Waals surface area contributed by atoms with Gasteiger partial charge < -0.3 is 19.9 Å². The fraction of sp³-hybridized carbons (Fsp3) is 0.682. The normalized spacial score (nSPS) is 25.1. The minimum absolute atomic E-state index is 0.0693. The molecule has 2 unspecified atom stereocenters. The van der Waals surface area contributed by atoms with E-state index in [1.54, 1.807) is 0 Å². The summed E-state index contributed by atoms with van der Waals surface area (Å²) in [7, 11) is 1.85. The fourth-order valence-corrected chi connectivity index (χ4v) is 4.28. The molecule has 3 rings (SSSR count). The number of morpholine rings is 1. The van der Waals surface area contributed by atoms with Crippen LogP contribution in [0, 0.1) is 11.7 Å². The highest BCUT2D eigenvalue weighted by Crippen LogP contribution is 2.25. The molecule has 2 atom stereocenters. The summed E-state index contributed by atoms with van der Waals surface area (Å²) in [4.78, 5) is 9.37. The van der Waals surface area contributed by atoms with E-state index >= 15 is 0 Å². The summed E-state index contributed by atoms with van der Waals surface area (Å²) in [6.45, 7) is 10.5. The van der Waals surface area contributed by atoms with Crippen molar-refractivity contribution in [1.82, 2.24) is 15.1 Å². The molecule has 2 aliphatic heterocycles. The molecule has 5 nitrogen and oxygen atoms in total. The molecule has 0 spiro atoms. The Hall–Kier alpha value is -1.66. The summed E-state index contributed by atoms with van der Waals surface area (Å²) < 4.78 is 19.4. The van der Waals surface area contributed by atoms with Crippen molar-refractivity contribution in [2.45, 2.75) is 45.3 Å². The molecule has 6 heteroatoms. The highest BCUT2D eigenvalue weighted by molar-refractivity contribution is 5.80. The number of piperidine rings is 1. The Morgan fingerprint density at radius 1 is 1.21 bits per heavy atom. The van der Waals surface area contributed by atoms with Gasteiger partial charge in [0.25, 0.3) is 0 Å². The van der Waals surface area contributed by atoms with Crippen molar-refractivity contribution in [2.24, 2.45) is 10.9 Å². The van der Waals surface area contributed by atoms with Gasteiger partial charge in [0.1, 0.15) is 11.9 Å². The van der Waals surface area contributed by atoms with Gasteiger partial charge in [0.15, 0.2) is 5.96 Å². The van der Waals surface area contributed by atoms with Gasteiger partial charge in [-0.3, -0.25) is 4.99 Å². The highest BCUT2D eigenvalue weighted by Gasteiger charge is 2.29. The van der Waals surface area contributed by atoms with Crippen molar-refractivity contribution < 1.29 is 9.13 Å². The zero-order valence-corrected chi connectivity index (χ0v) is 17.5. The maximum Gasteiger partial charge on any atom is 0.193 e. The van der Waals surface area contributed by atoms with Crippen LogP contribution < -0.4 is 5.32 Å². The van der Waals surface area contributed by atoms with Crippen LogP contribution in [0.1, 0.15) is 44.8 Å². The number of nitrogens with zero attached hydrogens (tertiary/aromatic N) is 3. The number of nitrogens with one attached hydrogen (secondary N) is 1. The minimum atomic E-state index is -0.216. The predicted molar refractivity (Wildman–Crippen MR) is 112 cm³/mol. The zero-order valence-electron chi connectivity index (χ0n) is 17.5. The molecule has 156 valence electrons. The van der Waals surface area contributed by atoms with Crippen LogP contribution in [0.4, 0.5) is 4.39 Å². The van der Waals surface area contributed by atoms with E-state index in [9.17, 15) is 4.39 Å². The maximum absolute atomic E-state index is 13.3. The van der Waals surface area contributed by atoms with Crippen LogP contribution in [-0.2, 0) is 4.74 Å². The molecular weight excluding hydrogens is 355 g/mol. The molecule has 0 aliphatic carbocycles. The van der Waals surface area contributed by atoms with Gasteiger partial charge in [-0.1, -0.05) is 19.1 Å². The molecular formula is C22H35FN4O. The van der Waals surface area contributed by atoms with Gasteiger partial charge in [0.2, 0.25) is 0 Å². The van der Waals surface area contributed by atoms with Crippen molar-refractivity contribution in [3.63, 3.8) is 0 Å². The standard InChI is InChI=1S/C22H35FN4O/c1-4-11-26-12-9-18(10-13-26)14-25-22(24-3)27-15-17(2)28-21(16-27)19-5-7-20(23)8-6-19/h5-8,17-18,21H,4,9-16H2,1-3H3,(H,24,25). The van der Waals surface area contributed by atoms with Crippen LogP contribution in [-0.4, -0.2) is 68.2 Å². The first-order valence-electron chi connectivity index (χ1n) is 10.7. The van der Waals surface area contributed by atoms with Crippen LogP contribution in [0.2, 0.25) is 0 Å². The lowest BCUT2D eigenvalue weighted by molar-refractivity contribution is -0.0605. The quantitative estimate of drug-likeness (QED) is 0.619. The fourth-order valence-electron chi connectivity index (χ4n) is 4.28. The number of ether oxygens (including phenoxy) is 1. The average molecular weight is 391 g/mol. The van der Waals surface area contributed by atoms with Crippen LogP contribution in [0.15, 0.2) is 29.3 Å². The molecule has 1 aromatic carbocycles. The summed E-state index contributed by atoms with van der Waals surface area (Å²) >= 11 is 0. The van der Waals surface area contributed by atoms with Crippen molar-refractivity contribution in [3.05, 3.63) is 35.6 Å². The SMILES string of the molecule is CCCN1CCC(CNC(=NC)N2CC(C)OC(c3ccc(F)cc3)C2)CC1. The molecule has 2 saturated heterocycles. The average Bonchev–Trinajstić information content (AvgIpc) is 2.70. The van der Waals surface area contributed by atoms with Gasteiger partial charge in [-0.15, -0.1) is 0 Å². The Balaban J connectivity index is 1.54. The van der Waals surface area contributed by atoms with E-state index in [1.165, 1.54) is 51.0 Å². The van der Waals surface area contributed by atoms with Crippen LogP contribution in [0.3, 0.4) is 0 Å². The molecule has 0 radical (unpaired) electrons. The third-order valence-corrected chi connectivity index (χ3v) is 5.81. The molecule has 0 amide bonds. The van der Waals surface area contributed by atoms with Crippen molar-refractivity contribution in [3.8, 4) is 0 Å². The van der Waals surface area contributed by atoms with Gasteiger partial charge in [-0.2, -0.15) is 0 Å². The number of hydrogen-bond donors (Lipinski definition) is 1. The number of halogens is 1. The maximum atomic E-state index is 13.3. The zero-order chi connectivity index (χ0) is 19.9. The number of benzene rings is 1. The van der Waals surface area contributed by atoms with E-state index in [0.717, 1.165) is 31.2 Å². The van der Waals surface area contributed by atoms with E-state index in [2.05, 4.69) is 34.0 Å². The first-order valence-corrected chi connectivity index (χ1v) is 10.7. The first-order chi connectivity index (χ1) is 13.6. The van der Waals surface area contributed by atoms with Gasteiger partial charge in [0.05, 0.1) is 12.6 Å². The Morgan fingerprint density at radius 2 is 1.93 bits per heavy atom. The summed E-state index contributed by atoms with van der Waals surface area (Å²) in [5.41, 5.74) is 1.01. The molecule has 0 saturated carbocycles. The predicted octanol–water partition coefficient (Wildman–Crippen LogP) is 3.28. The summed E-state index contributed by atoms with van der Waals surface area (Å²) in [5.74, 6) is 1.43. The molecule has 2 fully saturated rings. The molecule has 1 N–H and O–H groups in total. The number of rotatable bonds is 5. The summed E-state index contributed by atoms with van der Waals surface area (Å²) in [6, 6.07) is 6.63. The number of aliphatic imine (C=N–C) groups is 1. The lowest BCUT2D eigenvalue weighted by Gasteiger charge is -2.39. The Kier molecular flexibility index (Phi) is 7.68. The molecule has 2 aliphatic rings. The lowest BCUT2D eigenvalue weighted by Crippen LogP contribution is -2.51.